The minimum Gasteiger partial charge on any atom is -0.386 e. The van der Waals surface area contributed by atoms with E-state index in [0.29, 0.717) is 12.3 Å². The molecule has 7 atom stereocenters. The van der Waals surface area contributed by atoms with Crippen molar-refractivity contribution in [3.8, 4) is 0 Å². The van der Waals surface area contributed by atoms with E-state index in [1.165, 1.54) is 13.8 Å². The van der Waals surface area contributed by atoms with E-state index >= 15 is 0 Å². The predicted molar refractivity (Wildman–Crippen MR) is 181 cm³/mol. The maximum atomic E-state index is 12.6. The van der Waals surface area contributed by atoms with Crippen LogP contribution in [-0.2, 0) is 45.9 Å². The summed E-state index contributed by atoms with van der Waals surface area (Å²) in [6.07, 6.45) is -6.74. The monoisotopic (exact) mass is 788 g/mol. The zero-order valence-electron chi connectivity index (χ0n) is 28.2. The fourth-order valence-electron chi connectivity index (χ4n) is 4.14. The molecular weight excluding hydrogens is 752 g/mol. The molecule has 30 heteroatoms. The molecule has 0 spiro atoms. The number of anilines is 1. The quantitative estimate of drug-likeness (QED) is 0.0414. The molecule has 51 heavy (non-hydrogen) atoms. The van der Waals surface area contributed by atoms with Gasteiger partial charge < -0.3 is 50.9 Å². The van der Waals surface area contributed by atoms with Crippen molar-refractivity contribution in [3.05, 3.63) is 12.7 Å². The largest absolute Gasteiger partial charge is 0.481 e. The van der Waals surface area contributed by atoms with E-state index in [1.807, 2.05) is 0 Å². The Hall–Kier alpha value is -0.318. The van der Waals surface area contributed by atoms with Crippen LogP contribution in [0.2, 0.25) is 0 Å². The average Bonchev–Trinajstić information content (AvgIpc) is 3.54. The summed E-state index contributed by atoms with van der Waals surface area (Å²) >= 11 is 3.95. The van der Waals surface area contributed by atoms with Gasteiger partial charge in [-0.3, -0.25) is 27.7 Å². The summed E-state index contributed by atoms with van der Waals surface area (Å²) in [5.41, 5.74) is 4.30. The van der Waals surface area contributed by atoms with Crippen LogP contribution in [0.5, 0.6) is 0 Å². The van der Waals surface area contributed by atoms with Gasteiger partial charge in [-0.1, -0.05) is 13.8 Å². The third kappa shape index (κ3) is 15.0. The SMILES string of the molecule is CC(C)(COP(=O)(O)OP(=O)(O)OC[C@H]1O[C@@H](n2cnc3c(N)ncnc32)[C@H](O)[C@@H]1OP(=O)(O)O)C(O)C(=O)NCCC(=O)NCCS.[Li].[Li].[Li]. The van der Waals surface area contributed by atoms with Crippen LogP contribution in [0.4, 0.5) is 5.82 Å². The molecule has 0 aliphatic carbocycles. The first-order valence-corrected chi connectivity index (χ1v) is 18.8. The summed E-state index contributed by atoms with van der Waals surface area (Å²) in [6.45, 7) is 0.723. The van der Waals surface area contributed by atoms with Gasteiger partial charge in [-0.15, -0.1) is 0 Å². The normalized spacial score (nSPS) is 22.0. The van der Waals surface area contributed by atoms with Gasteiger partial charge in [0.2, 0.25) is 11.8 Å². The maximum absolute atomic E-state index is 12.6. The molecule has 2 amide bonds. The number of nitrogens with two attached hydrogens (primary N) is 1. The van der Waals surface area contributed by atoms with E-state index in [4.69, 9.17) is 19.5 Å². The van der Waals surface area contributed by atoms with E-state index in [2.05, 4.69) is 47.0 Å². The first-order chi connectivity index (χ1) is 22.2. The number of carbonyl (C=O) groups excluding carboxylic acids is 2. The molecule has 275 valence electrons. The zero-order chi connectivity index (χ0) is 36.1. The number of nitrogens with one attached hydrogen (secondary N) is 2. The van der Waals surface area contributed by atoms with E-state index in [9.17, 15) is 53.1 Å². The fraction of sp³-hybridized carbons (Fsp3) is 0.667. The van der Waals surface area contributed by atoms with E-state index < -0.39 is 78.6 Å². The number of hydrogen-bond acceptors (Lipinski definition) is 17. The molecule has 0 saturated carbocycles. The van der Waals surface area contributed by atoms with Crippen LogP contribution in [0.1, 0.15) is 26.5 Å². The average molecular weight is 788 g/mol. The van der Waals surface area contributed by atoms with E-state index in [-0.39, 0.29) is 92.4 Å². The Labute approximate surface area is 332 Å². The van der Waals surface area contributed by atoms with Gasteiger partial charge in [0.1, 0.15) is 36.3 Å². The number of rotatable bonds is 18. The Kier molecular flexibility index (Phi) is 21.0. The molecule has 1 fully saturated rings. The molecule has 0 aromatic carbocycles. The Morgan fingerprint density at radius 1 is 1.06 bits per heavy atom. The smallest absolute Gasteiger partial charge is 0.386 e. The molecular formula is C21H36Li3N7O16P3S. The van der Waals surface area contributed by atoms with Gasteiger partial charge >= 0.3 is 23.5 Å². The number of imidazole rings is 1. The zero-order valence-corrected chi connectivity index (χ0v) is 31.8. The second-order valence-corrected chi connectivity index (χ2v) is 15.5. The molecule has 1 aliphatic rings. The topological polar surface area (TPSA) is 347 Å². The van der Waals surface area contributed by atoms with Gasteiger partial charge in [-0.25, -0.2) is 28.6 Å². The molecule has 3 heterocycles. The number of fused-ring (bicyclic) bond motifs is 1. The molecule has 1 saturated heterocycles. The van der Waals surface area contributed by atoms with Crippen molar-refractivity contribution in [2.75, 3.05) is 37.8 Å². The Morgan fingerprint density at radius 3 is 2.29 bits per heavy atom. The standard InChI is InChI=1S/C21H36N7O16P3S.3Li/c1-21(2,16(31)19(32)24-4-3-12(29)23-5-6-48)8-41-47(38,39)44-46(36,37)40-7-11-15(43-45(33,34)35)14(30)20(42-11)28-10-27-13-17(22)25-9-26-18(13)28;;;/h9-11,14-16,20,30-31,48H,3-8H2,1-2H3,(H,23,29)(H,24,32)(H,36,37)(H,38,39)(H2,22,25,26)(H2,33,34,35);;;/t11-,14-,15-,16?,20-;;;/m1.../s1. The first kappa shape index (κ1) is 50.7. The van der Waals surface area contributed by atoms with Gasteiger partial charge in [0.15, 0.2) is 17.7 Å². The van der Waals surface area contributed by atoms with Crippen molar-refractivity contribution in [2.45, 2.75) is 50.9 Å². The molecule has 1 aliphatic heterocycles. The van der Waals surface area contributed by atoms with Crippen LogP contribution in [0.25, 0.3) is 11.2 Å². The molecule has 3 unspecified atom stereocenters. The number of phosphoric acid groups is 3. The van der Waals surface area contributed by atoms with Crippen molar-refractivity contribution in [3.63, 3.8) is 0 Å². The molecule has 3 radical (unpaired) electrons. The molecule has 3 rings (SSSR count). The second kappa shape index (κ2) is 21.1. The molecule has 2 aromatic rings. The van der Waals surface area contributed by atoms with Gasteiger partial charge in [0.05, 0.1) is 19.5 Å². The van der Waals surface area contributed by atoms with Crippen LogP contribution in [0.3, 0.4) is 0 Å². The second-order valence-electron chi connectivity index (χ2n) is 10.8. The Balaban J connectivity index is 0.00000833. The molecule has 2 aromatic heterocycles. The number of phosphoric ester groups is 3. The number of thiol groups is 1. The van der Waals surface area contributed by atoms with Gasteiger partial charge in [0.25, 0.3) is 0 Å². The molecule has 23 nitrogen and oxygen atoms in total. The minimum atomic E-state index is -5.54. The third-order valence-electron chi connectivity index (χ3n) is 6.51. The molecule has 0 bridgehead atoms. The third-order valence-corrected chi connectivity index (χ3v) is 9.83. The number of amides is 2. The van der Waals surface area contributed by atoms with E-state index in [0.717, 1.165) is 17.2 Å². The summed E-state index contributed by atoms with van der Waals surface area (Å²) in [5.74, 6) is -0.943. The van der Waals surface area contributed by atoms with Crippen molar-refractivity contribution in [1.29, 1.82) is 0 Å². The number of nitrogens with zero attached hydrogens (tertiary/aromatic N) is 4. The summed E-state index contributed by atoms with van der Waals surface area (Å²) in [4.78, 5) is 74.6. The number of aliphatic hydroxyl groups excluding tert-OH is 2. The van der Waals surface area contributed by atoms with Crippen LogP contribution < -0.4 is 16.4 Å². The molecule has 10 N–H and O–H groups in total. The Bertz CT molecular complexity index is 1610. The van der Waals surface area contributed by atoms with E-state index in [1.54, 1.807) is 0 Å². The van der Waals surface area contributed by atoms with Gasteiger partial charge in [0, 0.05) is 87.3 Å². The number of hydrogen-bond donors (Lipinski definition) is 10. The Morgan fingerprint density at radius 2 is 1.69 bits per heavy atom. The number of aliphatic hydroxyl groups is 2. The summed E-state index contributed by atoms with van der Waals surface area (Å²) in [7, 11) is -16.3. The van der Waals surface area contributed by atoms with Crippen molar-refractivity contribution in [1.82, 2.24) is 30.2 Å². The van der Waals surface area contributed by atoms with Gasteiger partial charge in [-0.2, -0.15) is 16.9 Å². The minimum absolute atomic E-state index is 0. The van der Waals surface area contributed by atoms with Crippen molar-refractivity contribution >= 4 is 121 Å². The number of ether oxygens (including phenoxy) is 1. The summed E-state index contributed by atoms with van der Waals surface area (Å²) in [5, 5.41) is 26.1. The van der Waals surface area contributed by atoms with Crippen molar-refractivity contribution in [2.24, 2.45) is 5.41 Å². The predicted octanol–water partition coefficient (Wildman–Crippen LogP) is -2.81. The van der Waals surface area contributed by atoms with Gasteiger partial charge in [-0.05, 0) is 0 Å². The summed E-state index contributed by atoms with van der Waals surface area (Å²) in [6, 6.07) is 0. The van der Waals surface area contributed by atoms with Crippen LogP contribution >= 0.6 is 36.1 Å². The fourth-order valence-corrected chi connectivity index (χ4v) is 7.08. The van der Waals surface area contributed by atoms with Crippen LogP contribution in [0, 0.1) is 5.41 Å². The summed E-state index contributed by atoms with van der Waals surface area (Å²) < 4.78 is 61.7. The maximum Gasteiger partial charge on any atom is 0.481 e. The first-order valence-electron chi connectivity index (χ1n) is 13.7. The van der Waals surface area contributed by atoms with Crippen LogP contribution in [0.15, 0.2) is 12.7 Å². The number of nitrogen functional groups attached to an aromatic ring is 1. The van der Waals surface area contributed by atoms with Crippen molar-refractivity contribution < 1.29 is 75.7 Å². The number of carbonyl (C=O) groups is 2. The van der Waals surface area contributed by atoms with Crippen LogP contribution in [-0.4, -0.2) is 174 Å². The number of aromatic nitrogens is 4.